The lowest BCUT2D eigenvalue weighted by atomic mass is 10.2. The van der Waals surface area contributed by atoms with E-state index in [1.807, 2.05) is 49.4 Å². The van der Waals surface area contributed by atoms with Crippen molar-refractivity contribution in [2.45, 2.75) is 19.4 Å². The summed E-state index contributed by atoms with van der Waals surface area (Å²) in [4.78, 5) is 19.7. The van der Waals surface area contributed by atoms with Crippen LogP contribution >= 0.6 is 0 Å². The summed E-state index contributed by atoms with van der Waals surface area (Å²) >= 11 is 0. The number of imidazole rings is 1. The molecule has 3 rings (SSSR count). The first-order valence-corrected chi connectivity index (χ1v) is 10.4. The summed E-state index contributed by atoms with van der Waals surface area (Å²) in [5.41, 5.74) is 2.51. The van der Waals surface area contributed by atoms with Crippen LogP contribution in [0.4, 0.5) is 0 Å². The van der Waals surface area contributed by atoms with Crippen molar-refractivity contribution >= 4 is 33.0 Å². The summed E-state index contributed by atoms with van der Waals surface area (Å²) in [5.74, 6) is 0.392. The first-order valence-electron chi connectivity index (χ1n) is 8.90. The van der Waals surface area contributed by atoms with Crippen molar-refractivity contribution in [1.82, 2.24) is 20.0 Å². The molecule has 28 heavy (non-hydrogen) atoms. The Morgan fingerprint density at radius 2 is 1.86 bits per heavy atom. The summed E-state index contributed by atoms with van der Waals surface area (Å²) < 4.78 is 26.4. The summed E-state index contributed by atoms with van der Waals surface area (Å²) in [7, 11) is -3.60. The Morgan fingerprint density at radius 1 is 1.14 bits per heavy atom. The molecule has 3 N–H and O–H groups in total. The van der Waals surface area contributed by atoms with Crippen molar-refractivity contribution in [1.29, 1.82) is 0 Å². The molecule has 0 saturated heterocycles. The molecule has 3 aromatic rings. The van der Waals surface area contributed by atoms with Gasteiger partial charge in [0.05, 0.1) is 17.1 Å². The van der Waals surface area contributed by atoms with Gasteiger partial charge in [0.2, 0.25) is 15.9 Å². The number of fused-ring (bicyclic) bond motifs is 1. The van der Waals surface area contributed by atoms with E-state index in [1.165, 1.54) is 6.08 Å². The lowest BCUT2D eigenvalue weighted by Crippen LogP contribution is -2.31. The van der Waals surface area contributed by atoms with Crippen molar-refractivity contribution in [2.75, 3.05) is 6.54 Å². The van der Waals surface area contributed by atoms with Crippen LogP contribution in [0.5, 0.6) is 0 Å². The Bertz CT molecular complexity index is 1040. The number of carbonyl (C=O) groups excluding carboxylic acids is 1. The maximum atomic E-state index is 12.1. The molecule has 0 saturated carbocycles. The van der Waals surface area contributed by atoms with Gasteiger partial charge in [-0.25, -0.2) is 18.1 Å². The highest BCUT2D eigenvalue weighted by Crippen LogP contribution is 2.15. The normalized spacial score (nSPS) is 13.0. The van der Waals surface area contributed by atoms with E-state index < -0.39 is 10.0 Å². The van der Waals surface area contributed by atoms with Crippen LogP contribution in [-0.2, 0) is 14.8 Å². The largest absolute Gasteiger partial charge is 0.346 e. The van der Waals surface area contributed by atoms with Crippen LogP contribution in [0.2, 0.25) is 0 Å². The molecule has 0 aliphatic heterocycles. The average molecular weight is 398 g/mol. The zero-order valence-corrected chi connectivity index (χ0v) is 16.2. The second kappa shape index (κ2) is 8.81. The summed E-state index contributed by atoms with van der Waals surface area (Å²) in [6.07, 6.45) is 1.54. The highest BCUT2D eigenvalue weighted by atomic mass is 32.2. The van der Waals surface area contributed by atoms with Gasteiger partial charge in [0.1, 0.15) is 5.82 Å². The molecule has 0 aliphatic carbocycles. The van der Waals surface area contributed by atoms with E-state index in [9.17, 15) is 13.2 Å². The van der Waals surface area contributed by atoms with Crippen LogP contribution in [0.15, 0.2) is 60.0 Å². The molecule has 0 bridgehead atoms. The zero-order chi connectivity index (χ0) is 20.0. The number of nitrogens with one attached hydrogen (secondary N) is 3. The fourth-order valence-corrected chi connectivity index (χ4v) is 3.47. The molecule has 8 heteroatoms. The third kappa shape index (κ3) is 5.51. The first-order chi connectivity index (χ1) is 13.4. The molecule has 0 fully saturated rings. The van der Waals surface area contributed by atoms with E-state index in [-0.39, 0.29) is 24.9 Å². The summed E-state index contributed by atoms with van der Waals surface area (Å²) in [5, 5.41) is 3.91. The standard InChI is InChI=1S/C20H22N4O3S/c1-15(20-23-17-9-5-6-10-18(17)24-20)22-19(25)11-13-21-28(26,27)14-12-16-7-3-2-4-8-16/h2-10,12,14-15,21H,11,13H2,1H3,(H,22,25)(H,23,24)/b14-12+. The van der Waals surface area contributed by atoms with E-state index in [4.69, 9.17) is 0 Å². The smallest absolute Gasteiger partial charge is 0.233 e. The number of carbonyl (C=O) groups is 1. The number of aromatic amines is 1. The molecule has 1 unspecified atom stereocenters. The Kier molecular flexibility index (Phi) is 6.23. The molecule has 146 valence electrons. The number of amides is 1. The van der Waals surface area contributed by atoms with Gasteiger partial charge in [0.15, 0.2) is 0 Å². The minimum absolute atomic E-state index is 0.0140. The molecular formula is C20H22N4O3S. The molecule has 1 amide bonds. The van der Waals surface area contributed by atoms with Crippen molar-refractivity contribution < 1.29 is 13.2 Å². The quantitative estimate of drug-likeness (QED) is 0.543. The van der Waals surface area contributed by atoms with Crippen LogP contribution in [0, 0.1) is 0 Å². The highest BCUT2D eigenvalue weighted by Gasteiger charge is 2.14. The predicted octanol–water partition coefficient (Wildman–Crippen LogP) is 2.72. The third-order valence-corrected chi connectivity index (χ3v) is 5.19. The number of benzene rings is 2. The fourth-order valence-electron chi connectivity index (χ4n) is 2.65. The maximum absolute atomic E-state index is 12.1. The van der Waals surface area contributed by atoms with Crippen molar-refractivity contribution in [3.63, 3.8) is 0 Å². The van der Waals surface area contributed by atoms with Crippen LogP contribution < -0.4 is 10.0 Å². The van der Waals surface area contributed by atoms with E-state index in [2.05, 4.69) is 20.0 Å². The number of aromatic nitrogens is 2. The van der Waals surface area contributed by atoms with Gasteiger partial charge in [-0.05, 0) is 30.7 Å². The Balaban J connectivity index is 1.47. The van der Waals surface area contributed by atoms with E-state index >= 15 is 0 Å². The van der Waals surface area contributed by atoms with Crippen LogP contribution in [0.1, 0.15) is 30.8 Å². The molecule has 1 heterocycles. The first kappa shape index (κ1) is 19.8. The zero-order valence-electron chi connectivity index (χ0n) is 15.4. The third-order valence-electron chi connectivity index (χ3n) is 4.09. The Labute approximate surface area is 163 Å². The molecule has 1 atom stereocenters. The van der Waals surface area contributed by atoms with Crippen LogP contribution in [0.3, 0.4) is 0 Å². The van der Waals surface area contributed by atoms with E-state index in [0.717, 1.165) is 22.0 Å². The van der Waals surface area contributed by atoms with E-state index in [1.54, 1.807) is 12.1 Å². The molecule has 0 radical (unpaired) electrons. The second-order valence-electron chi connectivity index (χ2n) is 6.33. The van der Waals surface area contributed by atoms with Crippen LogP contribution in [-0.4, -0.2) is 30.8 Å². The number of sulfonamides is 1. The van der Waals surface area contributed by atoms with Gasteiger partial charge in [-0.1, -0.05) is 42.5 Å². The molecule has 1 aromatic heterocycles. The minimum Gasteiger partial charge on any atom is -0.346 e. The van der Waals surface area contributed by atoms with E-state index in [0.29, 0.717) is 5.82 Å². The predicted molar refractivity (Wildman–Crippen MR) is 110 cm³/mol. The number of H-pyrrole nitrogens is 1. The van der Waals surface area contributed by atoms with Gasteiger partial charge in [-0.15, -0.1) is 0 Å². The summed E-state index contributed by atoms with van der Waals surface area (Å²) in [6.45, 7) is 1.84. The Hall–Kier alpha value is -2.97. The number of para-hydroxylation sites is 2. The molecule has 0 aliphatic rings. The summed E-state index contributed by atoms with van der Waals surface area (Å²) in [6, 6.07) is 16.4. The average Bonchev–Trinajstić information content (AvgIpc) is 3.11. The number of hydrogen-bond donors (Lipinski definition) is 3. The molecule has 0 spiro atoms. The van der Waals surface area contributed by atoms with Gasteiger partial charge in [-0.3, -0.25) is 4.79 Å². The number of hydrogen-bond acceptors (Lipinski definition) is 4. The van der Waals surface area contributed by atoms with Gasteiger partial charge in [0, 0.05) is 18.4 Å². The van der Waals surface area contributed by atoms with Gasteiger partial charge < -0.3 is 10.3 Å². The molecular weight excluding hydrogens is 376 g/mol. The number of nitrogens with zero attached hydrogens (tertiary/aromatic N) is 1. The van der Waals surface area contributed by atoms with Gasteiger partial charge >= 0.3 is 0 Å². The SMILES string of the molecule is CC(NC(=O)CCNS(=O)(=O)/C=C/c1ccccc1)c1nc2ccccc2[nH]1. The van der Waals surface area contributed by atoms with Crippen molar-refractivity contribution in [2.24, 2.45) is 0 Å². The Morgan fingerprint density at radius 3 is 2.61 bits per heavy atom. The van der Waals surface area contributed by atoms with Crippen molar-refractivity contribution in [3.05, 3.63) is 71.4 Å². The fraction of sp³-hybridized carbons (Fsp3) is 0.200. The number of rotatable bonds is 8. The lowest BCUT2D eigenvalue weighted by Gasteiger charge is -2.11. The van der Waals surface area contributed by atoms with Gasteiger partial charge in [0.25, 0.3) is 0 Å². The highest BCUT2D eigenvalue weighted by molar-refractivity contribution is 7.92. The van der Waals surface area contributed by atoms with Crippen LogP contribution in [0.25, 0.3) is 17.1 Å². The molecule has 7 nitrogen and oxygen atoms in total. The lowest BCUT2D eigenvalue weighted by molar-refractivity contribution is -0.121. The van der Waals surface area contributed by atoms with Gasteiger partial charge in [-0.2, -0.15) is 0 Å². The molecule has 2 aromatic carbocycles. The maximum Gasteiger partial charge on any atom is 0.233 e. The topological polar surface area (TPSA) is 104 Å². The van der Waals surface area contributed by atoms with Crippen molar-refractivity contribution in [3.8, 4) is 0 Å². The minimum atomic E-state index is -3.60. The monoisotopic (exact) mass is 398 g/mol. The second-order valence-corrected chi connectivity index (χ2v) is 7.98.